The Morgan fingerprint density at radius 1 is 1.47 bits per heavy atom. The predicted molar refractivity (Wildman–Crippen MR) is 75.0 cm³/mol. The third kappa shape index (κ3) is 2.98. The van der Waals surface area contributed by atoms with Crippen LogP contribution in [-0.2, 0) is 10.0 Å². The van der Waals surface area contributed by atoms with Gasteiger partial charge in [0.25, 0.3) is 0 Å². The average Bonchev–Trinajstić information content (AvgIpc) is 3.00. The molecule has 0 spiro atoms. The first kappa shape index (κ1) is 14.1. The second kappa shape index (κ2) is 5.35. The summed E-state index contributed by atoms with van der Waals surface area (Å²) < 4.78 is 26.9. The molecule has 0 unspecified atom stereocenters. The summed E-state index contributed by atoms with van der Waals surface area (Å²) in [6.45, 7) is 0.455. The van der Waals surface area contributed by atoms with Crippen molar-refractivity contribution in [2.75, 3.05) is 11.9 Å². The van der Waals surface area contributed by atoms with Gasteiger partial charge in [0.1, 0.15) is 9.23 Å². The van der Waals surface area contributed by atoms with E-state index in [-0.39, 0.29) is 15.3 Å². The quantitative estimate of drug-likeness (QED) is 0.734. The van der Waals surface area contributed by atoms with Gasteiger partial charge >= 0.3 is 0 Å². The molecule has 0 saturated heterocycles. The van der Waals surface area contributed by atoms with Crippen LogP contribution in [0.5, 0.6) is 0 Å². The summed E-state index contributed by atoms with van der Waals surface area (Å²) in [6.07, 6.45) is 1.84. The van der Waals surface area contributed by atoms with Gasteiger partial charge in [0.05, 0.1) is 4.34 Å². The Morgan fingerprint density at radius 2 is 2.12 bits per heavy atom. The van der Waals surface area contributed by atoms with Crippen LogP contribution < -0.4 is 0 Å². The molecular weight excluding hydrogens is 369 g/mol. The van der Waals surface area contributed by atoms with E-state index in [0.717, 1.165) is 24.2 Å². The fourth-order valence-electron chi connectivity index (χ4n) is 1.57. The van der Waals surface area contributed by atoms with E-state index in [1.54, 1.807) is 0 Å². The Hall–Kier alpha value is 0.670. The van der Waals surface area contributed by atoms with E-state index in [4.69, 9.17) is 23.2 Å². The monoisotopic (exact) mass is 377 g/mol. The first-order valence-corrected chi connectivity index (χ1v) is 9.13. The highest BCUT2D eigenvalue weighted by atomic mass is 79.9. The molecule has 1 aromatic heterocycles. The van der Waals surface area contributed by atoms with Gasteiger partial charge in [-0.3, -0.25) is 0 Å². The van der Waals surface area contributed by atoms with Crippen LogP contribution in [-0.4, -0.2) is 30.6 Å². The number of sulfonamides is 1. The summed E-state index contributed by atoms with van der Waals surface area (Å²) >= 11 is 16.1. The van der Waals surface area contributed by atoms with Crippen LogP contribution in [0.15, 0.2) is 11.0 Å². The molecule has 1 aromatic rings. The van der Waals surface area contributed by atoms with Crippen molar-refractivity contribution in [1.82, 2.24) is 4.31 Å². The van der Waals surface area contributed by atoms with Gasteiger partial charge in [0.15, 0.2) is 0 Å². The molecule has 0 atom stereocenters. The van der Waals surface area contributed by atoms with E-state index in [1.165, 1.54) is 10.4 Å². The van der Waals surface area contributed by atoms with Crippen molar-refractivity contribution >= 4 is 60.5 Å². The van der Waals surface area contributed by atoms with Gasteiger partial charge in [-0.2, -0.15) is 4.31 Å². The van der Waals surface area contributed by atoms with E-state index < -0.39 is 10.0 Å². The SMILES string of the molecule is O=S(=O)(c1cc(Cl)sc1Cl)N(CCBr)C1CC1. The summed E-state index contributed by atoms with van der Waals surface area (Å²) in [5.41, 5.74) is 0. The molecule has 17 heavy (non-hydrogen) atoms. The lowest BCUT2D eigenvalue weighted by Crippen LogP contribution is -2.34. The number of hydrogen-bond acceptors (Lipinski definition) is 3. The molecule has 1 aliphatic carbocycles. The molecule has 0 N–H and O–H groups in total. The van der Waals surface area contributed by atoms with Crippen molar-refractivity contribution in [3.05, 3.63) is 14.7 Å². The van der Waals surface area contributed by atoms with Gasteiger partial charge in [-0.15, -0.1) is 11.3 Å². The van der Waals surface area contributed by atoms with Crippen LogP contribution in [0, 0.1) is 0 Å². The highest BCUT2D eigenvalue weighted by molar-refractivity contribution is 9.09. The zero-order valence-electron chi connectivity index (χ0n) is 8.70. The first-order valence-electron chi connectivity index (χ1n) is 4.99. The molecule has 96 valence electrons. The van der Waals surface area contributed by atoms with Crippen molar-refractivity contribution in [3.63, 3.8) is 0 Å². The molecular formula is C9H10BrCl2NO2S2. The van der Waals surface area contributed by atoms with Gasteiger partial charge in [-0.25, -0.2) is 8.42 Å². The smallest absolute Gasteiger partial charge is 0.207 e. The van der Waals surface area contributed by atoms with Gasteiger partial charge in [-0.05, 0) is 18.9 Å². The molecule has 3 nitrogen and oxygen atoms in total. The van der Waals surface area contributed by atoms with Gasteiger partial charge in [0.2, 0.25) is 10.0 Å². The van der Waals surface area contributed by atoms with E-state index >= 15 is 0 Å². The van der Waals surface area contributed by atoms with E-state index in [0.29, 0.717) is 16.2 Å². The minimum absolute atomic E-state index is 0.118. The molecule has 0 bridgehead atoms. The molecule has 0 aromatic carbocycles. The molecule has 0 radical (unpaired) electrons. The maximum atomic E-state index is 12.4. The standard InChI is InChI=1S/C9H10BrCl2NO2S2/c10-3-4-13(6-1-2-6)17(14,15)7-5-8(11)16-9(7)12/h5-6H,1-4H2. The number of alkyl halides is 1. The molecule has 1 aliphatic rings. The topological polar surface area (TPSA) is 37.4 Å². The normalized spacial score (nSPS) is 16.7. The minimum Gasteiger partial charge on any atom is -0.207 e. The summed E-state index contributed by atoms with van der Waals surface area (Å²) in [6, 6.07) is 1.54. The Bertz CT molecular complexity index is 513. The highest BCUT2D eigenvalue weighted by Crippen LogP contribution is 2.39. The van der Waals surface area contributed by atoms with Crippen molar-refractivity contribution in [2.45, 2.75) is 23.8 Å². The maximum Gasteiger partial charge on any atom is 0.245 e. The number of thiophene rings is 1. The van der Waals surface area contributed by atoms with Crippen molar-refractivity contribution < 1.29 is 8.42 Å². The summed E-state index contributed by atoms with van der Waals surface area (Å²) in [4.78, 5) is 0.127. The Morgan fingerprint density at radius 3 is 2.53 bits per heavy atom. The second-order valence-corrected chi connectivity index (χ2v) is 8.66. The van der Waals surface area contributed by atoms with Crippen LogP contribution in [0.3, 0.4) is 0 Å². The highest BCUT2D eigenvalue weighted by Gasteiger charge is 2.38. The predicted octanol–water partition coefficient (Wildman–Crippen LogP) is 3.60. The van der Waals surface area contributed by atoms with E-state index in [1.807, 2.05) is 0 Å². The van der Waals surface area contributed by atoms with Crippen molar-refractivity contribution in [1.29, 1.82) is 0 Å². The number of hydrogen-bond donors (Lipinski definition) is 0. The van der Waals surface area contributed by atoms with Gasteiger partial charge in [-0.1, -0.05) is 39.1 Å². The number of halogens is 3. The molecule has 0 amide bonds. The minimum atomic E-state index is -3.51. The molecule has 1 heterocycles. The zero-order chi connectivity index (χ0) is 12.6. The largest absolute Gasteiger partial charge is 0.245 e. The molecule has 1 saturated carbocycles. The number of rotatable bonds is 5. The zero-order valence-corrected chi connectivity index (χ0v) is 13.4. The summed E-state index contributed by atoms with van der Waals surface area (Å²) in [5, 5.41) is 0.609. The van der Waals surface area contributed by atoms with Crippen LogP contribution in [0.25, 0.3) is 0 Å². The second-order valence-electron chi connectivity index (χ2n) is 3.72. The first-order chi connectivity index (χ1) is 7.96. The molecule has 0 aliphatic heterocycles. The lowest BCUT2D eigenvalue weighted by atomic mass is 10.6. The van der Waals surface area contributed by atoms with E-state index in [9.17, 15) is 8.42 Å². The Balaban J connectivity index is 2.36. The fraction of sp³-hybridized carbons (Fsp3) is 0.556. The third-order valence-electron chi connectivity index (χ3n) is 2.47. The van der Waals surface area contributed by atoms with Gasteiger partial charge < -0.3 is 0 Å². The Labute approximate surface area is 123 Å². The summed E-state index contributed by atoms with van der Waals surface area (Å²) in [5.74, 6) is 0. The van der Waals surface area contributed by atoms with Crippen molar-refractivity contribution in [2.24, 2.45) is 0 Å². The number of nitrogens with zero attached hydrogens (tertiary/aromatic N) is 1. The lowest BCUT2D eigenvalue weighted by molar-refractivity contribution is 0.424. The Kier molecular flexibility index (Phi) is 4.43. The van der Waals surface area contributed by atoms with Crippen LogP contribution in [0.2, 0.25) is 8.67 Å². The molecule has 2 rings (SSSR count). The van der Waals surface area contributed by atoms with E-state index in [2.05, 4.69) is 15.9 Å². The van der Waals surface area contributed by atoms with Gasteiger partial charge in [0, 0.05) is 17.9 Å². The maximum absolute atomic E-state index is 12.4. The average molecular weight is 379 g/mol. The van der Waals surface area contributed by atoms with Crippen LogP contribution >= 0.6 is 50.5 Å². The van der Waals surface area contributed by atoms with Crippen molar-refractivity contribution in [3.8, 4) is 0 Å². The van der Waals surface area contributed by atoms with Crippen LogP contribution in [0.1, 0.15) is 12.8 Å². The molecule has 8 heteroatoms. The van der Waals surface area contributed by atoms with Crippen LogP contribution in [0.4, 0.5) is 0 Å². The third-order valence-corrected chi connectivity index (χ3v) is 6.53. The summed E-state index contributed by atoms with van der Waals surface area (Å²) in [7, 11) is -3.51. The lowest BCUT2D eigenvalue weighted by Gasteiger charge is -2.20. The molecule has 1 fully saturated rings. The fourth-order valence-corrected chi connectivity index (χ4v) is 5.99.